The Morgan fingerprint density at radius 3 is 2.75 bits per heavy atom. The molecule has 1 amide bonds. The van der Waals surface area contributed by atoms with Gasteiger partial charge in [-0.3, -0.25) is 15.6 Å². The topological polar surface area (TPSA) is 103 Å². The molecule has 0 aliphatic heterocycles. The molecule has 1 aromatic rings. The van der Waals surface area contributed by atoms with Gasteiger partial charge in [0.05, 0.1) is 5.69 Å². The molecule has 0 aliphatic carbocycles. The van der Waals surface area contributed by atoms with Crippen LogP contribution in [0.5, 0.6) is 0 Å². The summed E-state index contributed by atoms with van der Waals surface area (Å²) in [4.78, 5) is 11.0. The molecule has 0 bridgehead atoms. The third-order valence-corrected chi connectivity index (χ3v) is 1.89. The fourth-order valence-electron chi connectivity index (χ4n) is 1.01. The van der Waals surface area contributed by atoms with Crippen LogP contribution in [0.2, 0.25) is 0 Å². The van der Waals surface area contributed by atoms with Gasteiger partial charge in [-0.05, 0) is 18.6 Å². The van der Waals surface area contributed by atoms with E-state index in [1.807, 2.05) is 30.5 Å². The minimum atomic E-state index is -0.733. The number of aryl methyl sites for hydroxylation is 1. The van der Waals surface area contributed by atoms with E-state index < -0.39 is 5.91 Å². The Bertz CT molecular complexity index is 461. The van der Waals surface area contributed by atoms with Crippen molar-refractivity contribution in [3.8, 4) is 6.07 Å². The average molecular weight is 217 g/mol. The summed E-state index contributed by atoms with van der Waals surface area (Å²) in [7, 11) is 0. The Morgan fingerprint density at radius 2 is 2.19 bits per heavy atom. The largest absolute Gasteiger partial charge is 0.296 e. The van der Waals surface area contributed by atoms with E-state index in [1.165, 1.54) is 0 Å². The van der Waals surface area contributed by atoms with Crippen molar-refractivity contribution in [2.24, 2.45) is 10.9 Å². The second-order valence-corrected chi connectivity index (χ2v) is 2.97. The number of hydrogen-bond donors (Lipinski definition) is 3. The van der Waals surface area contributed by atoms with Crippen LogP contribution in [0.3, 0.4) is 0 Å². The second kappa shape index (κ2) is 5.48. The number of hydrazone groups is 1. The van der Waals surface area contributed by atoms with E-state index in [9.17, 15) is 4.79 Å². The highest BCUT2D eigenvalue weighted by Crippen LogP contribution is 2.12. The van der Waals surface area contributed by atoms with Crippen LogP contribution in [-0.4, -0.2) is 11.6 Å². The number of anilines is 1. The lowest BCUT2D eigenvalue weighted by Gasteiger charge is -2.04. The maximum absolute atomic E-state index is 11.0. The Kier molecular flexibility index (Phi) is 4.00. The fraction of sp³-hybridized carbons (Fsp3) is 0.100. The molecule has 1 aromatic carbocycles. The van der Waals surface area contributed by atoms with Crippen LogP contribution < -0.4 is 16.7 Å². The SMILES string of the molecule is Cc1ccccc1N/N=C(/C#N)C(=O)NN. The first-order valence-electron chi connectivity index (χ1n) is 4.49. The third kappa shape index (κ3) is 2.80. The molecule has 0 saturated carbocycles. The van der Waals surface area contributed by atoms with Crippen molar-refractivity contribution in [1.82, 2.24) is 5.43 Å². The molecule has 0 unspecified atom stereocenters. The molecule has 0 aromatic heterocycles. The van der Waals surface area contributed by atoms with E-state index in [-0.39, 0.29) is 5.71 Å². The summed E-state index contributed by atoms with van der Waals surface area (Å²) >= 11 is 0. The molecule has 0 fully saturated rings. The number of rotatable bonds is 3. The smallest absolute Gasteiger partial charge is 0.288 e. The number of hydrazine groups is 1. The Morgan fingerprint density at radius 1 is 1.50 bits per heavy atom. The Hall–Kier alpha value is -2.39. The van der Waals surface area contributed by atoms with Gasteiger partial charge in [0.2, 0.25) is 5.71 Å². The highest BCUT2D eigenvalue weighted by atomic mass is 16.2. The number of nitrogens with two attached hydrogens (primary N) is 1. The van der Waals surface area contributed by atoms with Crippen LogP contribution >= 0.6 is 0 Å². The van der Waals surface area contributed by atoms with Crippen LogP contribution in [0, 0.1) is 18.3 Å². The van der Waals surface area contributed by atoms with Gasteiger partial charge in [0, 0.05) is 0 Å². The standard InChI is InChI=1S/C10H11N5O/c1-7-4-2-3-5-8(7)14-15-9(6-11)10(16)13-12/h2-5,14H,12H2,1H3,(H,13,16)/b15-9-. The molecule has 82 valence electrons. The van der Waals surface area contributed by atoms with Crippen molar-refractivity contribution in [3.05, 3.63) is 29.8 Å². The first kappa shape index (κ1) is 11.7. The third-order valence-electron chi connectivity index (χ3n) is 1.89. The normalized spacial score (nSPS) is 10.4. The molecular weight excluding hydrogens is 206 g/mol. The predicted molar refractivity (Wildman–Crippen MR) is 60.2 cm³/mol. The molecule has 0 spiro atoms. The van der Waals surface area contributed by atoms with Crippen LogP contribution in [0.1, 0.15) is 5.56 Å². The maximum Gasteiger partial charge on any atom is 0.296 e. The lowest BCUT2D eigenvalue weighted by molar-refractivity contribution is -0.114. The van der Waals surface area contributed by atoms with Crippen molar-refractivity contribution in [2.45, 2.75) is 6.92 Å². The van der Waals surface area contributed by atoms with E-state index in [2.05, 4.69) is 10.5 Å². The van der Waals surface area contributed by atoms with Gasteiger partial charge in [0.15, 0.2) is 0 Å². The number of nitrogens with zero attached hydrogens (tertiary/aromatic N) is 2. The highest BCUT2D eigenvalue weighted by Gasteiger charge is 2.08. The summed E-state index contributed by atoms with van der Waals surface area (Å²) < 4.78 is 0. The zero-order valence-corrected chi connectivity index (χ0v) is 8.69. The monoisotopic (exact) mass is 217 g/mol. The number of hydrogen-bond acceptors (Lipinski definition) is 5. The van der Waals surface area contributed by atoms with Gasteiger partial charge in [0.1, 0.15) is 6.07 Å². The quantitative estimate of drug-likeness (QED) is 0.293. The molecular formula is C10H11N5O. The van der Waals surface area contributed by atoms with Gasteiger partial charge < -0.3 is 0 Å². The van der Waals surface area contributed by atoms with Gasteiger partial charge in [-0.25, -0.2) is 5.84 Å². The highest BCUT2D eigenvalue weighted by molar-refractivity contribution is 6.45. The van der Waals surface area contributed by atoms with E-state index in [4.69, 9.17) is 11.1 Å². The van der Waals surface area contributed by atoms with E-state index in [0.29, 0.717) is 0 Å². The molecule has 0 saturated heterocycles. The molecule has 4 N–H and O–H groups in total. The first-order valence-corrected chi connectivity index (χ1v) is 4.49. The number of carbonyl (C=O) groups is 1. The molecule has 1 rings (SSSR count). The lowest BCUT2D eigenvalue weighted by atomic mass is 10.2. The first-order chi connectivity index (χ1) is 7.69. The van der Waals surface area contributed by atoms with E-state index in [0.717, 1.165) is 11.3 Å². The molecule has 0 atom stereocenters. The number of carbonyl (C=O) groups excluding carboxylic acids is 1. The van der Waals surface area contributed by atoms with Gasteiger partial charge in [-0.1, -0.05) is 18.2 Å². The van der Waals surface area contributed by atoms with Gasteiger partial charge in [-0.2, -0.15) is 10.4 Å². The van der Waals surface area contributed by atoms with Crippen molar-refractivity contribution in [2.75, 3.05) is 5.43 Å². The lowest BCUT2D eigenvalue weighted by Crippen LogP contribution is -2.36. The molecule has 6 nitrogen and oxygen atoms in total. The maximum atomic E-state index is 11.0. The fourth-order valence-corrected chi connectivity index (χ4v) is 1.01. The van der Waals surface area contributed by atoms with Gasteiger partial charge in [-0.15, -0.1) is 0 Å². The average Bonchev–Trinajstić information content (AvgIpc) is 2.31. The van der Waals surface area contributed by atoms with E-state index >= 15 is 0 Å². The van der Waals surface area contributed by atoms with E-state index in [1.54, 1.807) is 12.1 Å². The summed E-state index contributed by atoms with van der Waals surface area (Å²) in [5.74, 6) is 4.16. The van der Waals surface area contributed by atoms with Crippen molar-refractivity contribution in [1.29, 1.82) is 5.26 Å². The van der Waals surface area contributed by atoms with Crippen LogP contribution in [0.4, 0.5) is 5.69 Å². The number of nitrogens with one attached hydrogen (secondary N) is 2. The summed E-state index contributed by atoms with van der Waals surface area (Å²) in [5, 5.41) is 12.3. The van der Waals surface area contributed by atoms with Crippen LogP contribution in [0.25, 0.3) is 0 Å². The molecule has 0 aliphatic rings. The van der Waals surface area contributed by atoms with Crippen molar-refractivity contribution < 1.29 is 4.79 Å². The Balaban J connectivity index is 2.84. The summed E-state index contributed by atoms with van der Waals surface area (Å²) in [6.45, 7) is 1.88. The zero-order chi connectivity index (χ0) is 12.0. The number of benzene rings is 1. The minimum Gasteiger partial charge on any atom is -0.288 e. The van der Waals surface area contributed by atoms with Crippen molar-refractivity contribution >= 4 is 17.3 Å². The van der Waals surface area contributed by atoms with Gasteiger partial charge in [0.25, 0.3) is 5.91 Å². The number of para-hydroxylation sites is 1. The Labute approximate surface area is 92.7 Å². The minimum absolute atomic E-state index is 0.328. The summed E-state index contributed by atoms with van der Waals surface area (Å²) in [6, 6.07) is 9.00. The molecule has 6 heteroatoms. The molecule has 0 radical (unpaired) electrons. The number of amides is 1. The summed E-state index contributed by atoms with van der Waals surface area (Å²) in [5.41, 5.74) is 5.81. The summed E-state index contributed by atoms with van der Waals surface area (Å²) in [6.07, 6.45) is 0. The van der Waals surface area contributed by atoms with Gasteiger partial charge >= 0.3 is 0 Å². The van der Waals surface area contributed by atoms with Crippen LogP contribution in [-0.2, 0) is 4.79 Å². The molecule has 16 heavy (non-hydrogen) atoms. The zero-order valence-electron chi connectivity index (χ0n) is 8.69. The second-order valence-electron chi connectivity index (χ2n) is 2.97. The molecule has 0 heterocycles. The van der Waals surface area contributed by atoms with Crippen molar-refractivity contribution in [3.63, 3.8) is 0 Å². The number of nitriles is 1. The predicted octanol–water partition coefficient (Wildman–Crippen LogP) is 0.276. The van der Waals surface area contributed by atoms with Crippen LogP contribution in [0.15, 0.2) is 29.4 Å².